The average Bonchev–Trinajstić information content (AvgIpc) is 2.61. The van der Waals surface area contributed by atoms with E-state index in [1.807, 2.05) is 31.2 Å². The molecule has 0 heterocycles. The van der Waals surface area contributed by atoms with Crippen molar-refractivity contribution in [3.63, 3.8) is 0 Å². The van der Waals surface area contributed by atoms with Crippen molar-refractivity contribution in [3.05, 3.63) is 53.1 Å². The maximum Gasteiger partial charge on any atom is 0.251 e. The van der Waals surface area contributed by atoms with Gasteiger partial charge in [-0.05, 0) is 48.7 Å². The lowest BCUT2D eigenvalue weighted by atomic mass is 10.1. The van der Waals surface area contributed by atoms with Crippen molar-refractivity contribution in [1.29, 1.82) is 0 Å². The highest BCUT2D eigenvalue weighted by Gasteiger charge is 2.14. The summed E-state index contributed by atoms with van der Waals surface area (Å²) in [4.78, 5) is 12.4. The molecule has 2 aromatic carbocycles. The molecule has 0 aliphatic rings. The molecule has 0 aliphatic heterocycles. The van der Waals surface area contributed by atoms with Gasteiger partial charge in [0.2, 0.25) is 0 Å². The van der Waals surface area contributed by atoms with Crippen LogP contribution in [0.5, 0.6) is 17.2 Å². The third-order valence-corrected chi connectivity index (χ3v) is 3.83. The summed E-state index contributed by atoms with van der Waals surface area (Å²) < 4.78 is 15.6. The molecule has 5 heteroatoms. The van der Waals surface area contributed by atoms with Crippen molar-refractivity contribution in [2.75, 3.05) is 27.9 Å². The molecule has 0 spiro atoms. The SMILES string of the molecule is COc1ccc(CCNC(=O)c2cc(OC)c(OC)cc2C)cc1. The summed E-state index contributed by atoms with van der Waals surface area (Å²) in [6, 6.07) is 11.3. The standard InChI is InChI=1S/C19H23NO4/c1-13-11-17(23-3)18(24-4)12-16(13)19(21)20-10-9-14-5-7-15(22-2)8-6-14/h5-8,11-12H,9-10H2,1-4H3,(H,20,21). The lowest BCUT2D eigenvalue weighted by Gasteiger charge is -2.13. The van der Waals surface area contributed by atoms with Crippen molar-refractivity contribution in [2.45, 2.75) is 13.3 Å². The van der Waals surface area contributed by atoms with Crippen LogP contribution in [0, 0.1) is 6.92 Å². The van der Waals surface area contributed by atoms with Gasteiger partial charge >= 0.3 is 0 Å². The predicted octanol–water partition coefficient (Wildman–Crippen LogP) is 2.99. The second kappa shape index (κ2) is 8.24. The quantitative estimate of drug-likeness (QED) is 0.848. The number of rotatable bonds is 7. The summed E-state index contributed by atoms with van der Waals surface area (Å²) in [7, 11) is 4.77. The number of aryl methyl sites for hydroxylation is 1. The molecular formula is C19H23NO4. The third kappa shape index (κ3) is 4.19. The van der Waals surface area contributed by atoms with Crippen LogP contribution in [0.2, 0.25) is 0 Å². The van der Waals surface area contributed by atoms with Crippen LogP contribution in [-0.2, 0) is 6.42 Å². The zero-order valence-electron chi connectivity index (χ0n) is 14.5. The predicted molar refractivity (Wildman–Crippen MR) is 93.3 cm³/mol. The molecule has 0 atom stereocenters. The lowest BCUT2D eigenvalue weighted by molar-refractivity contribution is 0.0953. The first-order chi connectivity index (χ1) is 11.6. The molecule has 24 heavy (non-hydrogen) atoms. The van der Waals surface area contributed by atoms with E-state index in [-0.39, 0.29) is 5.91 Å². The highest BCUT2D eigenvalue weighted by molar-refractivity contribution is 5.96. The van der Waals surface area contributed by atoms with Crippen molar-refractivity contribution in [3.8, 4) is 17.2 Å². The Bertz CT molecular complexity index is 695. The Kier molecular flexibility index (Phi) is 6.07. The minimum absolute atomic E-state index is 0.123. The molecule has 1 N–H and O–H groups in total. The van der Waals surface area contributed by atoms with E-state index in [1.54, 1.807) is 33.5 Å². The number of methoxy groups -OCH3 is 3. The molecule has 0 radical (unpaired) electrons. The third-order valence-electron chi connectivity index (χ3n) is 3.83. The van der Waals surface area contributed by atoms with Crippen molar-refractivity contribution >= 4 is 5.91 Å². The summed E-state index contributed by atoms with van der Waals surface area (Å²) in [5.74, 6) is 1.86. The van der Waals surface area contributed by atoms with Gasteiger partial charge in [-0.25, -0.2) is 0 Å². The van der Waals surface area contributed by atoms with Crippen LogP contribution in [0.4, 0.5) is 0 Å². The molecule has 0 aromatic heterocycles. The minimum Gasteiger partial charge on any atom is -0.497 e. The zero-order chi connectivity index (χ0) is 17.5. The van der Waals surface area contributed by atoms with Crippen LogP contribution in [0.1, 0.15) is 21.5 Å². The highest BCUT2D eigenvalue weighted by atomic mass is 16.5. The highest BCUT2D eigenvalue weighted by Crippen LogP contribution is 2.30. The summed E-state index contributed by atoms with van der Waals surface area (Å²) in [5.41, 5.74) is 2.57. The molecule has 0 saturated heterocycles. The van der Waals surface area contributed by atoms with Gasteiger partial charge in [0, 0.05) is 12.1 Å². The van der Waals surface area contributed by atoms with E-state index in [0.717, 1.165) is 23.3 Å². The van der Waals surface area contributed by atoms with E-state index in [9.17, 15) is 4.79 Å². The van der Waals surface area contributed by atoms with Gasteiger partial charge in [0.05, 0.1) is 21.3 Å². The van der Waals surface area contributed by atoms with E-state index >= 15 is 0 Å². The van der Waals surface area contributed by atoms with Crippen LogP contribution in [0.25, 0.3) is 0 Å². The van der Waals surface area contributed by atoms with Gasteiger partial charge in [0.1, 0.15) is 5.75 Å². The Morgan fingerprint density at radius 2 is 1.58 bits per heavy atom. The van der Waals surface area contributed by atoms with Gasteiger partial charge in [-0.2, -0.15) is 0 Å². The average molecular weight is 329 g/mol. The van der Waals surface area contributed by atoms with Crippen molar-refractivity contribution in [1.82, 2.24) is 5.32 Å². The maximum atomic E-state index is 12.4. The van der Waals surface area contributed by atoms with Crippen molar-refractivity contribution < 1.29 is 19.0 Å². The van der Waals surface area contributed by atoms with Crippen LogP contribution in [-0.4, -0.2) is 33.8 Å². The molecule has 0 unspecified atom stereocenters. The Labute approximate surface area is 142 Å². The van der Waals surface area contributed by atoms with Gasteiger partial charge in [0.15, 0.2) is 11.5 Å². The number of carbonyl (C=O) groups is 1. The molecule has 128 valence electrons. The van der Waals surface area contributed by atoms with E-state index in [2.05, 4.69) is 5.32 Å². The van der Waals surface area contributed by atoms with Gasteiger partial charge in [-0.15, -0.1) is 0 Å². The number of amides is 1. The molecule has 5 nitrogen and oxygen atoms in total. The molecule has 0 bridgehead atoms. The normalized spacial score (nSPS) is 10.2. The topological polar surface area (TPSA) is 56.8 Å². The van der Waals surface area contributed by atoms with E-state index < -0.39 is 0 Å². The second-order valence-electron chi connectivity index (χ2n) is 5.38. The first kappa shape index (κ1) is 17.7. The van der Waals surface area contributed by atoms with Crippen LogP contribution < -0.4 is 19.5 Å². The smallest absolute Gasteiger partial charge is 0.251 e. The van der Waals surface area contributed by atoms with Crippen LogP contribution in [0.15, 0.2) is 36.4 Å². The first-order valence-corrected chi connectivity index (χ1v) is 7.72. The van der Waals surface area contributed by atoms with E-state index in [4.69, 9.17) is 14.2 Å². The fraction of sp³-hybridized carbons (Fsp3) is 0.316. The Morgan fingerprint density at radius 1 is 0.958 bits per heavy atom. The summed E-state index contributed by atoms with van der Waals surface area (Å²) >= 11 is 0. The largest absolute Gasteiger partial charge is 0.497 e. The second-order valence-corrected chi connectivity index (χ2v) is 5.38. The monoisotopic (exact) mass is 329 g/mol. The number of nitrogens with one attached hydrogen (secondary N) is 1. The Balaban J connectivity index is 1.99. The lowest BCUT2D eigenvalue weighted by Crippen LogP contribution is -2.26. The maximum absolute atomic E-state index is 12.4. The van der Waals surface area contributed by atoms with E-state index in [1.165, 1.54) is 0 Å². The summed E-state index contributed by atoms with van der Waals surface area (Å²) in [5, 5.41) is 2.94. The molecule has 2 aromatic rings. The van der Waals surface area contributed by atoms with Crippen LogP contribution in [0.3, 0.4) is 0 Å². The van der Waals surface area contributed by atoms with Gasteiger partial charge < -0.3 is 19.5 Å². The number of hydrogen-bond acceptors (Lipinski definition) is 4. The van der Waals surface area contributed by atoms with Gasteiger partial charge in [-0.1, -0.05) is 12.1 Å². The summed E-state index contributed by atoms with van der Waals surface area (Å²) in [6.07, 6.45) is 0.752. The fourth-order valence-corrected chi connectivity index (χ4v) is 2.43. The molecule has 0 fully saturated rings. The Hall–Kier alpha value is -2.69. The van der Waals surface area contributed by atoms with Gasteiger partial charge in [0.25, 0.3) is 5.91 Å². The summed E-state index contributed by atoms with van der Waals surface area (Å²) in [6.45, 7) is 2.43. The molecule has 1 amide bonds. The number of hydrogen-bond donors (Lipinski definition) is 1. The van der Waals surface area contributed by atoms with Gasteiger partial charge in [-0.3, -0.25) is 4.79 Å². The minimum atomic E-state index is -0.123. The molecule has 0 aliphatic carbocycles. The fourth-order valence-electron chi connectivity index (χ4n) is 2.43. The molecular weight excluding hydrogens is 306 g/mol. The Morgan fingerprint density at radius 3 is 2.17 bits per heavy atom. The van der Waals surface area contributed by atoms with Crippen LogP contribution >= 0.6 is 0 Å². The van der Waals surface area contributed by atoms with Crippen molar-refractivity contribution in [2.24, 2.45) is 0 Å². The number of carbonyl (C=O) groups excluding carboxylic acids is 1. The number of ether oxygens (including phenoxy) is 3. The zero-order valence-corrected chi connectivity index (χ0v) is 14.5. The first-order valence-electron chi connectivity index (χ1n) is 7.72. The molecule has 0 saturated carbocycles. The molecule has 2 rings (SSSR count). The van der Waals surface area contributed by atoms with E-state index in [0.29, 0.717) is 23.6 Å². The number of benzene rings is 2.